The SMILES string of the molecule is CCC(C)(C)C(=O)Nc1ccc(NS(=O)(=O)c2cccc3ccccc23)cc1. The van der Waals surface area contributed by atoms with Crippen LogP contribution in [0.25, 0.3) is 10.8 Å². The number of sulfonamides is 1. The standard InChI is InChI=1S/C22H24N2O3S/c1-4-22(2,3)21(25)23-17-12-14-18(15-13-17)24-28(26,27)20-11-7-9-16-8-5-6-10-19(16)20/h5-15,24H,4H2,1-3H3,(H,23,25). The van der Waals surface area contributed by atoms with E-state index in [0.29, 0.717) is 16.8 Å². The van der Waals surface area contributed by atoms with Gasteiger partial charge >= 0.3 is 0 Å². The third-order valence-electron chi connectivity index (χ3n) is 4.93. The number of carbonyl (C=O) groups is 1. The fraction of sp³-hybridized carbons (Fsp3) is 0.227. The van der Waals surface area contributed by atoms with E-state index in [0.717, 1.165) is 11.8 Å². The number of hydrogen-bond acceptors (Lipinski definition) is 3. The van der Waals surface area contributed by atoms with E-state index >= 15 is 0 Å². The molecule has 146 valence electrons. The molecule has 1 amide bonds. The second kappa shape index (κ2) is 7.64. The van der Waals surface area contributed by atoms with Crippen molar-refractivity contribution in [1.82, 2.24) is 0 Å². The molecule has 0 bridgehead atoms. The fourth-order valence-electron chi connectivity index (χ4n) is 2.72. The van der Waals surface area contributed by atoms with Crippen LogP contribution < -0.4 is 10.0 Å². The lowest BCUT2D eigenvalue weighted by atomic mass is 9.89. The highest BCUT2D eigenvalue weighted by molar-refractivity contribution is 7.93. The molecule has 5 nitrogen and oxygen atoms in total. The van der Waals surface area contributed by atoms with Gasteiger partial charge in [-0.3, -0.25) is 9.52 Å². The van der Waals surface area contributed by atoms with E-state index in [1.54, 1.807) is 42.5 Å². The van der Waals surface area contributed by atoms with Gasteiger partial charge in [0.1, 0.15) is 0 Å². The van der Waals surface area contributed by atoms with Crippen LogP contribution in [0.15, 0.2) is 71.6 Å². The summed E-state index contributed by atoms with van der Waals surface area (Å²) in [5, 5.41) is 4.40. The maximum atomic E-state index is 12.9. The summed E-state index contributed by atoms with van der Waals surface area (Å²) in [5.74, 6) is -0.0703. The summed E-state index contributed by atoms with van der Waals surface area (Å²) in [6, 6.07) is 19.2. The highest BCUT2D eigenvalue weighted by atomic mass is 32.2. The maximum absolute atomic E-state index is 12.9. The summed E-state index contributed by atoms with van der Waals surface area (Å²) in [4.78, 5) is 12.5. The minimum absolute atomic E-state index is 0.0703. The molecule has 6 heteroatoms. The van der Waals surface area contributed by atoms with Crippen molar-refractivity contribution in [2.75, 3.05) is 10.0 Å². The first kappa shape index (κ1) is 19.9. The Labute approximate surface area is 165 Å². The second-order valence-corrected chi connectivity index (χ2v) is 9.00. The lowest BCUT2D eigenvalue weighted by molar-refractivity contribution is -0.124. The summed E-state index contributed by atoms with van der Waals surface area (Å²) in [7, 11) is -3.74. The van der Waals surface area contributed by atoms with Crippen LogP contribution in [-0.4, -0.2) is 14.3 Å². The zero-order chi connectivity index (χ0) is 20.4. The van der Waals surface area contributed by atoms with Crippen LogP contribution in [0.1, 0.15) is 27.2 Å². The maximum Gasteiger partial charge on any atom is 0.262 e. The first-order valence-corrected chi connectivity index (χ1v) is 10.6. The van der Waals surface area contributed by atoms with Crippen molar-refractivity contribution >= 4 is 38.1 Å². The zero-order valence-electron chi connectivity index (χ0n) is 16.2. The van der Waals surface area contributed by atoms with Crippen molar-refractivity contribution in [1.29, 1.82) is 0 Å². The third-order valence-corrected chi connectivity index (χ3v) is 6.37. The van der Waals surface area contributed by atoms with Crippen LogP contribution in [0.3, 0.4) is 0 Å². The van der Waals surface area contributed by atoms with E-state index in [1.165, 1.54) is 0 Å². The third kappa shape index (κ3) is 4.17. The second-order valence-electron chi connectivity index (χ2n) is 7.35. The van der Waals surface area contributed by atoms with Gasteiger partial charge in [0.15, 0.2) is 0 Å². The van der Waals surface area contributed by atoms with E-state index in [2.05, 4.69) is 10.0 Å². The largest absolute Gasteiger partial charge is 0.326 e. The van der Waals surface area contributed by atoms with Crippen molar-refractivity contribution < 1.29 is 13.2 Å². The van der Waals surface area contributed by atoms with Gasteiger partial charge in [-0.05, 0) is 42.1 Å². The lowest BCUT2D eigenvalue weighted by Gasteiger charge is -2.21. The fourth-order valence-corrected chi connectivity index (χ4v) is 4.01. The van der Waals surface area contributed by atoms with Gasteiger partial charge in [-0.15, -0.1) is 0 Å². The number of rotatable bonds is 6. The predicted molar refractivity (Wildman–Crippen MR) is 114 cm³/mol. The minimum Gasteiger partial charge on any atom is -0.326 e. The Kier molecular flexibility index (Phi) is 5.42. The van der Waals surface area contributed by atoms with Crippen LogP contribution >= 0.6 is 0 Å². The molecule has 0 atom stereocenters. The van der Waals surface area contributed by atoms with Gasteiger partial charge in [0.2, 0.25) is 5.91 Å². The van der Waals surface area contributed by atoms with Crippen LogP contribution in [-0.2, 0) is 14.8 Å². The molecule has 0 spiro atoms. The highest BCUT2D eigenvalue weighted by Gasteiger charge is 2.25. The average Bonchev–Trinajstić information content (AvgIpc) is 2.68. The van der Waals surface area contributed by atoms with Crippen LogP contribution in [0, 0.1) is 5.41 Å². The van der Waals surface area contributed by atoms with Gasteiger partial charge in [-0.25, -0.2) is 8.42 Å². The van der Waals surface area contributed by atoms with Crippen molar-refractivity contribution in [3.05, 3.63) is 66.7 Å². The Morgan fingerprint density at radius 3 is 2.18 bits per heavy atom. The quantitative estimate of drug-likeness (QED) is 0.615. The number of carbonyl (C=O) groups excluding carboxylic acids is 1. The van der Waals surface area contributed by atoms with Crippen LogP contribution in [0.4, 0.5) is 11.4 Å². The zero-order valence-corrected chi connectivity index (χ0v) is 17.0. The van der Waals surface area contributed by atoms with Crippen LogP contribution in [0.2, 0.25) is 0 Å². The number of fused-ring (bicyclic) bond motifs is 1. The number of anilines is 2. The molecule has 0 aromatic heterocycles. The number of nitrogens with one attached hydrogen (secondary N) is 2. The van der Waals surface area contributed by atoms with Gasteiger partial charge in [0.25, 0.3) is 10.0 Å². The Balaban J connectivity index is 1.81. The molecule has 0 saturated heterocycles. The van der Waals surface area contributed by atoms with E-state index < -0.39 is 15.4 Å². The van der Waals surface area contributed by atoms with E-state index in [1.807, 2.05) is 45.0 Å². The Morgan fingerprint density at radius 1 is 0.893 bits per heavy atom. The van der Waals surface area contributed by atoms with Gasteiger partial charge in [-0.2, -0.15) is 0 Å². The molecule has 0 radical (unpaired) electrons. The molecule has 3 aromatic carbocycles. The van der Waals surface area contributed by atoms with Gasteiger partial charge in [0.05, 0.1) is 4.90 Å². The monoisotopic (exact) mass is 396 g/mol. The summed E-state index contributed by atoms with van der Waals surface area (Å²) < 4.78 is 28.3. The van der Waals surface area contributed by atoms with E-state index in [-0.39, 0.29) is 10.8 Å². The van der Waals surface area contributed by atoms with Gasteiger partial charge < -0.3 is 5.32 Å². The molecule has 0 aliphatic carbocycles. The Hall–Kier alpha value is -2.86. The molecular weight excluding hydrogens is 372 g/mol. The Morgan fingerprint density at radius 2 is 1.50 bits per heavy atom. The molecule has 2 N–H and O–H groups in total. The first-order valence-electron chi connectivity index (χ1n) is 9.15. The molecule has 0 fully saturated rings. The van der Waals surface area contributed by atoms with Gasteiger partial charge in [0, 0.05) is 22.2 Å². The van der Waals surface area contributed by atoms with E-state index in [9.17, 15) is 13.2 Å². The lowest BCUT2D eigenvalue weighted by Crippen LogP contribution is -2.29. The minimum atomic E-state index is -3.74. The molecule has 3 rings (SSSR count). The molecule has 3 aromatic rings. The van der Waals surface area contributed by atoms with E-state index in [4.69, 9.17) is 0 Å². The van der Waals surface area contributed by atoms with Crippen molar-refractivity contribution in [3.8, 4) is 0 Å². The number of amides is 1. The molecule has 0 heterocycles. The average molecular weight is 397 g/mol. The highest BCUT2D eigenvalue weighted by Crippen LogP contribution is 2.26. The molecule has 0 aliphatic heterocycles. The van der Waals surface area contributed by atoms with Crippen molar-refractivity contribution in [3.63, 3.8) is 0 Å². The molecule has 0 saturated carbocycles. The summed E-state index contributed by atoms with van der Waals surface area (Å²) in [6.07, 6.45) is 0.724. The normalized spacial score (nSPS) is 12.0. The molecular formula is C22H24N2O3S. The Bertz CT molecular complexity index is 1100. The topological polar surface area (TPSA) is 75.3 Å². The first-order chi connectivity index (χ1) is 13.2. The van der Waals surface area contributed by atoms with Gasteiger partial charge in [-0.1, -0.05) is 57.2 Å². The summed E-state index contributed by atoms with van der Waals surface area (Å²) >= 11 is 0. The molecule has 0 aliphatic rings. The van der Waals surface area contributed by atoms with Crippen molar-refractivity contribution in [2.45, 2.75) is 32.1 Å². The summed E-state index contributed by atoms with van der Waals surface area (Å²) in [5.41, 5.74) is 0.592. The number of benzene rings is 3. The number of hydrogen-bond donors (Lipinski definition) is 2. The predicted octanol–water partition coefficient (Wildman–Crippen LogP) is 5.02. The molecule has 0 unspecified atom stereocenters. The van der Waals surface area contributed by atoms with Crippen molar-refractivity contribution in [2.24, 2.45) is 5.41 Å². The van der Waals surface area contributed by atoms with Crippen LogP contribution in [0.5, 0.6) is 0 Å². The molecule has 28 heavy (non-hydrogen) atoms. The smallest absolute Gasteiger partial charge is 0.262 e. The summed E-state index contributed by atoms with van der Waals surface area (Å²) in [6.45, 7) is 5.73.